The number of amides is 1. The summed E-state index contributed by atoms with van der Waals surface area (Å²) in [5.41, 5.74) is 1.86. The number of aromatic nitrogens is 1. The second-order valence-electron chi connectivity index (χ2n) is 5.33. The highest BCUT2D eigenvalue weighted by molar-refractivity contribution is 7.17. The highest BCUT2D eigenvalue weighted by Crippen LogP contribution is 2.29. The Balaban J connectivity index is 1.73. The third-order valence-electron chi connectivity index (χ3n) is 3.37. The van der Waals surface area contributed by atoms with Gasteiger partial charge in [0.15, 0.2) is 0 Å². The van der Waals surface area contributed by atoms with Crippen molar-refractivity contribution in [2.45, 2.75) is 13.3 Å². The van der Waals surface area contributed by atoms with E-state index in [1.807, 2.05) is 30.3 Å². The first kappa shape index (κ1) is 17.9. The van der Waals surface area contributed by atoms with Gasteiger partial charge in [0, 0.05) is 11.3 Å². The predicted octanol–water partition coefficient (Wildman–Crippen LogP) is 5.27. The lowest BCUT2D eigenvalue weighted by atomic mass is 10.2. The average molecular weight is 378 g/mol. The number of hydrogen-bond acceptors (Lipinski definition) is 4. The minimum absolute atomic E-state index is 0.351. The molecule has 3 rings (SSSR count). The molecule has 0 saturated heterocycles. The monoisotopic (exact) mass is 378 g/mol. The largest absolute Gasteiger partial charge is 0.573 e. The summed E-state index contributed by atoms with van der Waals surface area (Å²) in [5, 5.41) is 3.37. The molecule has 0 aliphatic heterocycles. The van der Waals surface area contributed by atoms with Gasteiger partial charge in [-0.2, -0.15) is 0 Å². The number of alkyl halides is 3. The Morgan fingerprint density at radius 1 is 1.08 bits per heavy atom. The quantitative estimate of drug-likeness (QED) is 0.673. The molecular weight excluding hydrogens is 365 g/mol. The number of nitrogens with one attached hydrogen (secondary N) is 1. The molecule has 4 nitrogen and oxygen atoms in total. The fourth-order valence-electron chi connectivity index (χ4n) is 2.24. The summed E-state index contributed by atoms with van der Waals surface area (Å²) in [7, 11) is 0. The molecule has 0 fully saturated rings. The van der Waals surface area contributed by atoms with Crippen LogP contribution in [0.5, 0.6) is 5.75 Å². The van der Waals surface area contributed by atoms with E-state index in [2.05, 4.69) is 15.0 Å². The van der Waals surface area contributed by atoms with Crippen molar-refractivity contribution in [1.82, 2.24) is 4.98 Å². The third kappa shape index (κ3) is 4.40. The van der Waals surface area contributed by atoms with Gasteiger partial charge in [-0.05, 0) is 31.2 Å². The lowest BCUT2D eigenvalue weighted by molar-refractivity contribution is -0.274. The van der Waals surface area contributed by atoms with E-state index in [4.69, 9.17) is 0 Å². The molecular formula is C18H13F3N2O2S. The number of aryl methyl sites for hydroxylation is 1. The van der Waals surface area contributed by atoms with Crippen molar-refractivity contribution in [3.05, 3.63) is 65.2 Å². The molecule has 1 amide bonds. The normalized spacial score (nSPS) is 11.2. The van der Waals surface area contributed by atoms with Gasteiger partial charge in [-0.3, -0.25) is 4.79 Å². The third-order valence-corrected chi connectivity index (χ3v) is 4.57. The number of benzene rings is 2. The maximum absolute atomic E-state index is 12.4. The van der Waals surface area contributed by atoms with E-state index < -0.39 is 6.36 Å². The lowest BCUT2D eigenvalue weighted by Gasteiger charge is -2.09. The first-order chi connectivity index (χ1) is 12.3. The molecule has 0 bridgehead atoms. The number of halogens is 3. The second kappa shape index (κ2) is 7.17. The van der Waals surface area contributed by atoms with Gasteiger partial charge in [-0.1, -0.05) is 30.3 Å². The summed E-state index contributed by atoms with van der Waals surface area (Å²) < 4.78 is 40.3. The van der Waals surface area contributed by atoms with E-state index in [-0.39, 0.29) is 11.7 Å². The Kier molecular flexibility index (Phi) is 4.94. The first-order valence-corrected chi connectivity index (χ1v) is 8.33. The first-order valence-electron chi connectivity index (χ1n) is 7.52. The molecule has 26 heavy (non-hydrogen) atoms. The maximum atomic E-state index is 12.4. The Bertz CT molecular complexity index is 906. The maximum Gasteiger partial charge on any atom is 0.573 e. The van der Waals surface area contributed by atoms with Gasteiger partial charge in [-0.25, -0.2) is 4.98 Å². The summed E-state index contributed by atoms with van der Waals surface area (Å²) >= 11 is 1.25. The van der Waals surface area contributed by atoms with Gasteiger partial charge in [0.2, 0.25) is 0 Å². The highest BCUT2D eigenvalue weighted by Gasteiger charge is 2.31. The smallest absolute Gasteiger partial charge is 0.406 e. The minimum atomic E-state index is -4.75. The number of carbonyl (C=O) groups excluding carboxylic acids is 1. The van der Waals surface area contributed by atoms with E-state index in [0.717, 1.165) is 22.7 Å². The predicted molar refractivity (Wildman–Crippen MR) is 93.4 cm³/mol. The number of rotatable bonds is 4. The van der Waals surface area contributed by atoms with Gasteiger partial charge < -0.3 is 10.1 Å². The molecule has 3 aromatic rings. The number of anilines is 1. The topological polar surface area (TPSA) is 51.2 Å². The highest BCUT2D eigenvalue weighted by atomic mass is 32.1. The van der Waals surface area contributed by atoms with Gasteiger partial charge >= 0.3 is 6.36 Å². The van der Waals surface area contributed by atoms with Crippen LogP contribution in [0.25, 0.3) is 10.6 Å². The number of hydrogen-bond donors (Lipinski definition) is 1. The van der Waals surface area contributed by atoms with E-state index >= 15 is 0 Å². The average Bonchev–Trinajstić information content (AvgIpc) is 2.98. The van der Waals surface area contributed by atoms with Crippen LogP contribution >= 0.6 is 11.3 Å². The van der Waals surface area contributed by atoms with Gasteiger partial charge in [0.05, 0.1) is 5.69 Å². The number of thiazole rings is 1. The zero-order valence-electron chi connectivity index (χ0n) is 13.5. The van der Waals surface area contributed by atoms with Crippen LogP contribution in [0.1, 0.15) is 15.4 Å². The molecule has 0 radical (unpaired) electrons. The van der Waals surface area contributed by atoms with Gasteiger partial charge in [0.1, 0.15) is 15.6 Å². The molecule has 0 aliphatic carbocycles. The van der Waals surface area contributed by atoms with Gasteiger partial charge in [0.25, 0.3) is 5.91 Å². The molecule has 0 saturated carbocycles. The summed E-state index contributed by atoms with van der Waals surface area (Å²) in [4.78, 5) is 17.3. The van der Waals surface area contributed by atoms with Crippen LogP contribution in [0, 0.1) is 6.92 Å². The summed E-state index contributed by atoms with van der Waals surface area (Å²) in [6, 6.07) is 14.4. The lowest BCUT2D eigenvalue weighted by Crippen LogP contribution is -2.17. The Labute approximate surface area is 151 Å². The van der Waals surface area contributed by atoms with Crippen molar-refractivity contribution < 1.29 is 22.7 Å². The Morgan fingerprint density at radius 3 is 2.35 bits per heavy atom. The van der Waals surface area contributed by atoms with Crippen molar-refractivity contribution in [2.24, 2.45) is 0 Å². The summed E-state index contributed by atoms with van der Waals surface area (Å²) in [6.07, 6.45) is -4.75. The molecule has 0 unspecified atom stereocenters. The zero-order valence-corrected chi connectivity index (χ0v) is 14.3. The molecule has 2 aromatic carbocycles. The van der Waals surface area contributed by atoms with Crippen molar-refractivity contribution in [2.75, 3.05) is 5.32 Å². The minimum Gasteiger partial charge on any atom is -0.406 e. The number of carbonyl (C=O) groups is 1. The molecule has 0 spiro atoms. The molecule has 8 heteroatoms. The molecule has 0 atom stereocenters. The van der Waals surface area contributed by atoms with Crippen LogP contribution in [0.4, 0.5) is 18.9 Å². The number of ether oxygens (including phenoxy) is 1. The molecule has 0 aliphatic rings. The zero-order chi connectivity index (χ0) is 18.7. The van der Waals surface area contributed by atoms with Crippen LogP contribution < -0.4 is 10.1 Å². The van der Waals surface area contributed by atoms with Crippen molar-refractivity contribution in [3.63, 3.8) is 0 Å². The molecule has 1 aromatic heterocycles. The standard InChI is InChI=1S/C18H13F3N2O2S/c1-11-15(26-17(22-11)12-5-3-2-4-6-12)16(24)23-13-7-9-14(10-8-13)25-18(19,20)21/h2-10H,1H3,(H,23,24). The summed E-state index contributed by atoms with van der Waals surface area (Å²) in [6.45, 7) is 1.73. The number of nitrogens with zero attached hydrogens (tertiary/aromatic N) is 1. The molecule has 134 valence electrons. The van der Waals surface area contributed by atoms with Crippen molar-refractivity contribution in [1.29, 1.82) is 0 Å². The van der Waals surface area contributed by atoms with Crippen molar-refractivity contribution in [3.8, 4) is 16.3 Å². The van der Waals surface area contributed by atoms with E-state index in [1.54, 1.807) is 6.92 Å². The Hall–Kier alpha value is -2.87. The van der Waals surface area contributed by atoms with Crippen LogP contribution in [0.3, 0.4) is 0 Å². The van der Waals surface area contributed by atoms with Gasteiger partial charge in [-0.15, -0.1) is 24.5 Å². The van der Waals surface area contributed by atoms with Crippen LogP contribution in [0.2, 0.25) is 0 Å². The van der Waals surface area contributed by atoms with Crippen LogP contribution in [-0.4, -0.2) is 17.3 Å². The van der Waals surface area contributed by atoms with Crippen molar-refractivity contribution >= 4 is 22.9 Å². The van der Waals surface area contributed by atoms with Crippen LogP contribution in [-0.2, 0) is 0 Å². The second-order valence-corrected chi connectivity index (χ2v) is 6.32. The van der Waals surface area contributed by atoms with Crippen LogP contribution in [0.15, 0.2) is 54.6 Å². The molecule has 1 heterocycles. The van der Waals surface area contributed by atoms with E-state index in [9.17, 15) is 18.0 Å². The van der Waals surface area contributed by atoms with E-state index in [1.165, 1.54) is 23.5 Å². The fraction of sp³-hybridized carbons (Fsp3) is 0.111. The summed E-state index contributed by atoms with van der Waals surface area (Å²) in [5.74, 6) is -0.720. The SMILES string of the molecule is Cc1nc(-c2ccccc2)sc1C(=O)Nc1ccc(OC(F)(F)F)cc1. The fourth-order valence-corrected chi connectivity index (χ4v) is 3.21. The van der Waals surface area contributed by atoms with E-state index in [0.29, 0.717) is 16.3 Å². The molecule has 1 N–H and O–H groups in total. The Morgan fingerprint density at radius 2 is 1.73 bits per heavy atom.